The predicted octanol–water partition coefficient (Wildman–Crippen LogP) is 6.85. The minimum Gasteiger partial charge on any atom is -0.376 e. The Kier molecular flexibility index (Phi) is 4.51. The van der Waals surface area contributed by atoms with E-state index in [1.807, 2.05) is 84.9 Å². The highest BCUT2D eigenvalue weighted by atomic mass is 32.1. The average Bonchev–Trinajstić information content (AvgIpc) is 3.20. The summed E-state index contributed by atoms with van der Waals surface area (Å²) < 4.78 is 1.17. The van der Waals surface area contributed by atoms with E-state index in [4.69, 9.17) is 0 Å². The molecule has 0 amide bonds. The van der Waals surface area contributed by atoms with Crippen molar-refractivity contribution in [2.75, 3.05) is 0 Å². The van der Waals surface area contributed by atoms with Gasteiger partial charge < -0.3 is 5.11 Å². The second-order valence-electron chi connectivity index (χ2n) is 7.11. The molecule has 5 rings (SSSR count). The molecule has 0 aliphatic carbocycles. The van der Waals surface area contributed by atoms with Crippen molar-refractivity contribution in [2.45, 2.75) is 5.60 Å². The van der Waals surface area contributed by atoms with Crippen LogP contribution in [0.4, 0.5) is 0 Å². The molecule has 0 spiro atoms. The molecule has 140 valence electrons. The van der Waals surface area contributed by atoms with Gasteiger partial charge in [0.2, 0.25) is 0 Å². The monoisotopic (exact) mass is 392 g/mol. The molecule has 29 heavy (non-hydrogen) atoms. The summed E-state index contributed by atoms with van der Waals surface area (Å²) in [4.78, 5) is 1.10. The number of hydrogen-bond donors (Lipinski definition) is 1. The number of fused-ring (bicyclic) bond motifs is 1. The van der Waals surface area contributed by atoms with Crippen LogP contribution in [0.15, 0.2) is 115 Å². The fourth-order valence-corrected chi connectivity index (χ4v) is 5.27. The van der Waals surface area contributed by atoms with E-state index in [1.54, 1.807) is 11.3 Å². The van der Waals surface area contributed by atoms with Crippen molar-refractivity contribution in [3.05, 3.63) is 132 Å². The Morgan fingerprint density at radius 3 is 1.62 bits per heavy atom. The average molecular weight is 393 g/mol. The minimum absolute atomic E-state index is 0.868. The highest BCUT2D eigenvalue weighted by Crippen LogP contribution is 2.49. The van der Waals surface area contributed by atoms with Gasteiger partial charge in [0.1, 0.15) is 5.60 Å². The Labute approximate surface area is 174 Å². The third-order valence-corrected chi connectivity index (χ3v) is 6.60. The van der Waals surface area contributed by atoms with Crippen LogP contribution >= 0.6 is 11.3 Å². The van der Waals surface area contributed by atoms with E-state index in [1.165, 1.54) is 4.70 Å². The van der Waals surface area contributed by atoms with Crippen LogP contribution in [0.2, 0.25) is 0 Å². The first kappa shape index (κ1) is 17.9. The van der Waals surface area contributed by atoms with E-state index in [2.05, 4.69) is 30.3 Å². The molecule has 0 atom stereocenters. The van der Waals surface area contributed by atoms with Crippen LogP contribution in [0.25, 0.3) is 20.5 Å². The van der Waals surface area contributed by atoms with E-state index in [9.17, 15) is 5.11 Å². The van der Waals surface area contributed by atoms with Gasteiger partial charge in [-0.1, -0.05) is 109 Å². The molecule has 5 aromatic rings. The van der Waals surface area contributed by atoms with Crippen LogP contribution in [0, 0.1) is 0 Å². The highest BCUT2D eigenvalue weighted by Gasteiger charge is 2.38. The molecule has 0 unspecified atom stereocenters. The molecule has 0 saturated carbocycles. The number of thiophene rings is 1. The zero-order valence-electron chi connectivity index (χ0n) is 15.8. The van der Waals surface area contributed by atoms with Crippen LogP contribution in [0.3, 0.4) is 0 Å². The Hall–Kier alpha value is -3.20. The van der Waals surface area contributed by atoms with E-state index < -0.39 is 5.60 Å². The quantitative estimate of drug-likeness (QED) is 0.354. The topological polar surface area (TPSA) is 20.2 Å². The summed E-state index contributed by atoms with van der Waals surface area (Å²) in [7, 11) is 0. The lowest BCUT2D eigenvalue weighted by molar-refractivity contribution is 0.128. The van der Waals surface area contributed by atoms with Gasteiger partial charge in [0.05, 0.1) is 0 Å². The Morgan fingerprint density at radius 1 is 0.552 bits per heavy atom. The first-order chi connectivity index (χ1) is 14.3. The van der Waals surface area contributed by atoms with E-state index in [0.29, 0.717) is 0 Å². The fraction of sp³-hybridized carbons (Fsp3) is 0.0370. The Bertz CT molecular complexity index is 1200. The van der Waals surface area contributed by atoms with E-state index >= 15 is 0 Å². The van der Waals surface area contributed by atoms with Gasteiger partial charge in [-0.2, -0.15) is 0 Å². The van der Waals surface area contributed by atoms with Gasteiger partial charge >= 0.3 is 0 Å². The molecule has 0 bridgehead atoms. The van der Waals surface area contributed by atoms with Gasteiger partial charge in [-0.15, -0.1) is 11.3 Å². The molecule has 0 radical (unpaired) electrons. The van der Waals surface area contributed by atoms with Crippen molar-refractivity contribution >= 4 is 21.4 Å². The maximum atomic E-state index is 12.5. The summed E-state index contributed by atoms with van der Waals surface area (Å²) in [5.41, 5.74) is 2.54. The lowest BCUT2D eigenvalue weighted by atomic mass is 9.78. The van der Waals surface area contributed by atoms with Crippen molar-refractivity contribution in [1.29, 1.82) is 0 Å². The number of aliphatic hydroxyl groups is 1. The third kappa shape index (κ3) is 2.98. The zero-order chi connectivity index (χ0) is 19.7. The van der Waals surface area contributed by atoms with Crippen molar-refractivity contribution in [1.82, 2.24) is 0 Å². The second kappa shape index (κ2) is 7.32. The van der Waals surface area contributed by atoms with Crippen LogP contribution in [-0.4, -0.2) is 5.11 Å². The largest absolute Gasteiger partial charge is 0.376 e. The highest BCUT2D eigenvalue weighted by molar-refractivity contribution is 7.22. The molecule has 0 aliphatic rings. The summed E-state index contributed by atoms with van der Waals surface area (Å²) in [5, 5.41) is 13.6. The van der Waals surface area contributed by atoms with Gasteiger partial charge in [-0.05, 0) is 28.1 Å². The van der Waals surface area contributed by atoms with Crippen molar-refractivity contribution in [2.24, 2.45) is 0 Å². The molecule has 1 nitrogen and oxygen atoms in total. The summed E-state index contributed by atoms with van der Waals surface area (Å²) in [5.74, 6) is 0. The number of hydrogen-bond acceptors (Lipinski definition) is 2. The molecule has 2 heteroatoms. The summed E-state index contributed by atoms with van der Waals surface area (Å²) >= 11 is 1.73. The molecule has 0 saturated heterocycles. The maximum absolute atomic E-state index is 12.5. The summed E-state index contributed by atoms with van der Waals surface area (Å²) in [6.45, 7) is 0. The van der Waals surface area contributed by atoms with E-state index in [0.717, 1.165) is 32.5 Å². The predicted molar refractivity (Wildman–Crippen MR) is 122 cm³/mol. The smallest absolute Gasteiger partial charge is 0.142 e. The van der Waals surface area contributed by atoms with Gasteiger partial charge in [0, 0.05) is 15.1 Å². The Morgan fingerprint density at radius 2 is 1.03 bits per heavy atom. The summed E-state index contributed by atoms with van der Waals surface area (Å²) in [6, 6.07) is 38.7. The third-order valence-electron chi connectivity index (χ3n) is 5.38. The second-order valence-corrected chi connectivity index (χ2v) is 8.16. The van der Waals surface area contributed by atoms with Gasteiger partial charge in [-0.25, -0.2) is 0 Å². The standard InChI is InChI=1S/C27H20OS/c28-27(21-14-6-2-7-15-21,22-16-8-3-9-17-22)25-23-18-10-11-19-24(23)29-26(25)20-12-4-1-5-13-20/h1-19,28H. The molecule has 1 heterocycles. The van der Waals surface area contributed by atoms with Gasteiger partial charge in [0.25, 0.3) is 0 Å². The van der Waals surface area contributed by atoms with Crippen LogP contribution < -0.4 is 0 Å². The molecule has 1 N–H and O–H groups in total. The zero-order valence-corrected chi connectivity index (χ0v) is 16.6. The number of rotatable bonds is 4. The van der Waals surface area contributed by atoms with Crippen molar-refractivity contribution in [3.63, 3.8) is 0 Å². The van der Waals surface area contributed by atoms with Crippen LogP contribution in [-0.2, 0) is 5.60 Å². The summed E-state index contributed by atoms with van der Waals surface area (Å²) in [6.07, 6.45) is 0. The molecule has 1 aromatic heterocycles. The van der Waals surface area contributed by atoms with Crippen molar-refractivity contribution < 1.29 is 5.11 Å². The number of benzene rings is 4. The first-order valence-corrected chi connectivity index (χ1v) is 10.5. The minimum atomic E-state index is -1.26. The molecule has 0 fully saturated rings. The first-order valence-electron chi connectivity index (χ1n) is 9.69. The Balaban J connectivity index is 1.91. The van der Waals surface area contributed by atoms with Gasteiger partial charge in [-0.3, -0.25) is 0 Å². The molecule has 4 aromatic carbocycles. The van der Waals surface area contributed by atoms with E-state index in [-0.39, 0.29) is 0 Å². The normalized spacial score (nSPS) is 11.6. The van der Waals surface area contributed by atoms with Crippen LogP contribution in [0.5, 0.6) is 0 Å². The SMILES string of the molecule is OC(c1ccccc1)(c1ccccc1)c1c(-c2ccccc2)sc2ccccc12. The molecule has 0 aliphatic heterocycles. The van der Waals surface area contributed by atoms with Crippen LogP contribution in [0.1, 0.15) is 16.7 Å². The lowest BCUT2D eigenvalue weighted by Crippen LogP contribution is -2.29. The fourth-order valence-electron chi connectivity index (χ4n) is 4.01. The van der Waals surface area contributed by atoms with Gasteiger partial charge in [0.15, 0.2) is 0 Å². The lowest BCUT2D eigenvalue weighted by Gasteiger charge is -2.31. The maximum Gasteiger partial charge on any atom is 0.142 e. The molecular weight excluding hydrogens is 372 g/mol. The molecular formula is C27H20OS. The van der Waals surface area contributed by atoms with Crippen molar-refractivity contribution in [3.8, 4) is 10.4 Å².